The molecule has 0 bridgehead atoms. The van der Waals surface area contributed by atoms with Crippen molar-refractivity contribution in [3.63, 3.8) is 0 Å². The molecule has 1 aromatic carbocycles. The first kappa shape index (κ1) is 20.1. The van der Waals surface area contributed by atoms with Crippen molar-refractivity contribution in [2.75, 3.05) is 18.5 Å². The highest BCUT2D eigenvalue weighted by Crippen LogP contribution is 2.70. The van der Waals surface area contributed by atoms with E-state index >= 15 is 0 Å². The third kappa shape index (κ3) is 3.05. The van der Waals surface area contributed by atoms with E-state index in [1.54, 1.807) is 12.4 Å². The van der Waals surface area contributed by atoms with E-state index in [-0.39, 0.29) is 18.4 Å². The quantitative estimate of drug-likeness (QED) is 0.476. The molecule has 1 spiro atoms. The third-order valence-corrected chi connectivity index (χ3v) is 7.78. The lowest BCUT2D eigenvalue weighted by atomic mass is 9.93. The number of nitrogens with zero attached hydrogens (tertiary/aromatic N) is 3. The summed E-state index contributed by atoms with van der Waals surface area (Å²) in [5.74, 6) is 1.13. The molecule has 172 valence electrons. The number of rotatable bonds is 4. The van der Waals surface area contributed by atoms with Gasteiger partial charge in [0.15, 0.2) is 5.58 Å². The highest BCUT2D eigenvalue weighted by Gasteiger charge is 2.65. The molecule has 3 fully saturated rings. The van der Waals surface area contributed by atoms with Gasteiger partial charge in [0.25, 0.3) is 0 Å². The summed E-state index contributed by atoms with van der Waals surface area (Å²) in [5, 5.41) is 15.6. The number of hydrogen-bond acceptors (Lipinski definition) is 7. The molecule has 1 amide bonds. The number of benzene rings is 1. The van der Waals surface area contributed by atoms with Gasteiger partial charge in [0, 0.05) is 47.8 Å². The summed E-state index contributed by atoms with van der Waals surface area (Å²) in [5.41, 5.74) is 2.92. The largest absolute Gasteiger partial charge is 0.436 e. The van der Waals surface area contributed by atoms with Gasteiger partial charge in [-0.15, -0.1) is 0 Å². The van der Waals surface area contributed by atoms with Gasteiger partial charge in [-0.2, -0.15) is 0 Å². The molecule has 8 heteroatoms. The third-order valence-electron chi connectivity index (χ3n) is 7.78. The average Bonchev–Trinajstić information content (AvgIpc) is 3.65. The fourth-order valence-corrected chi connectivity index (χ4v) is 5.26. The van der Waals surface area contributed by atoms with Crippen molar-refractivity contribution in [1.82, 2.24) is 15.0 Å². The Morgan fingerprint density at radius 1 is 1.15 bits per heavy atom. The van der Waals surface area contributed by atoms with Crippen molar-refractivity contribution in [3.8, 4) is 11.5 Å². The van der Waals surface area contributed by atoms with Crippen molar-refractivity contribution in [2.45, 2.75) is 38.2 Å². The summed E-state index contributed by atoms with van der Waals surface area (Å²) >= 11 is 0. The van der Waals surface area contributed by atoms with Crippen LogP contribution in [0.1, 0.15) is 36.9 Å². The Bertz CT molecular complexity index is 1480. The highest BCUT2D eigenvalue weighted by atomic mass is 16.5. The first-order chi connectivity index (χ1) is 16.4. The number of amides is 1. The molecule has 2 saturated carbocycles. The van der Waals surface area contributed by atoms with Gasteiger partial charge in [0.1, 0.15) is 16.9 Å². The molecule has 2 N–H and O–H groups in total. The van der Waals surface area contributed by atoms with Crippen LogP contribution in [0.5, 0.6) is 0 Å². The zero-order valence-corrected chi connectivity index (χ0v) is 18.8. The Hall–Kier alpha value is -3.36. The molecule has 34 heavy (non-hydrogen) atoms. The number of pyridine rings is 2. The standard InChI is InChI=1S/C26H24N4O4/c1-14-17-11-28-22(30-23(31)19-10-25(19)4-5-25)9-16(17)18(12-27-14)24-29-20-8-15(2-3-21(20)34-24)26(32)6-7-33-13-26/h2-3,8-9,11-12,19,32H,4-7,10,13H2,1H3,(H,28,30,31). The molecular weight excluding hydrogens is 432 g/mol. The monoisotopic (exact) mass is 456 g/mol. The molecule has 2 unspecified atom stereocenters. The lowest BCUT2D eigenvalue weighted by Crippen LogP contribution is -2.25. The zero-order valence-electron chi connectivity index (χ0n) is 18.8. The summed E-state index contributed by atoms with van der Waals surface area (Å²) in [7, 11) is 0. The zero-order chi connectivity index (χ0) is 23.1. The van der Waals surface area contributed by atoms with Crippen molar-refractivity contribution in [3.05, 3.63) is 47.9 Å². The summed E-state index contributed by atoms with van der Waals surface area (Å²) < 4.78 is 11.5. The van der Waals surface area contributed by atoms with Gasteiger partial charge in [-0.3, -0.25) is 9.78 Å². The number of fused-ring (bicyclic) bond motifs is 2. The van der Waals surface area contributed by atoms with Crippen molar-refractivity contribution in [1.29, 1.82) is 0 Å². The topological polar surface area (TPSA) is 110 Å². The van der Waals surface area contributed by atoms with Crippen molar-refractivity contribution < 1.29 is 19.1 Å². The van der Waals surface area contributed by atoms with E-state index in [1.165, 1.54) is 0 Å². The van der Waals surface area contributed by atoms with Crippen molar-refractivity contribution >= 4 is 33.6 Å². The summed E-state index contributed by atoms with van der Waals surface area (Å²) in [6.45, 7) is 2.74. The average molecular weight is 457 g/mol. The Labute approximate surface area is 195 Å². The Balaban J connectivity index is 1.27. The van der Waals surface area contributed by atoms with Crippen LogP contribution < -0.4 is 5.32 Å². The van der Waals surface area contributed by atoms with E-state index in [0.717, 1.165) is 46.9 Å². The molecular formula is C26H24N4O4. The van der Waals surface area contributed by atoms with Crippen molar-refractivity contribution in [2.24, 2.45) is 11.3 Å². The molecule has 2 aliphatic carbocycles. The fraction of sp³-hybridized carbons (Fsp3) is 0.385. The van der Waals surface area contributed by atoms with Gasteiger partial charge < -0.3 is 19.6 Å². The number of aliphatic hydroxyl groups is 1. The van der Waals surface area contributed by atoms with Gasteiger partial charge >= 0.3 is 0 Å². The smallest absolute Gasteiger partial charge is 0.229 e. The van der Waals surface area contributed by atoms with Crippen LogP contribution in [0.25, 0.3) is 33.3 Å². The van der Waals surface area contributed by atoms with Crippen LogP contribution in [0, 0.1) is 18.3 Å². The normalized spacial score (nSPS) is 24.7. The number of carbonyl (C=O) groups excluding carboxylic acids is 1. The minimum Gasteiger partial charge on any atom is -0.436 e. The molecule has 3 aliphatic rings. The second-order valence-corrected chi connectivity index (χ2v) is 10.0. The lowest BCUT2D eigenvalue weighted by Gasteiger charge is -2.20. The molecule has 3 aromatic heterocycles. The molecule has 1 saturated heterocycles. The number of ether oxygens (including phenoxy) is 1. The van der Waals surface area contributed by atoms with Crippen LogP contribution in [-0.4, -0.2) is 39.2 Å². The lowest BCUT2D eigenvalue weighted by molar-refractivity contribution is -0.117. The van der Waals surface area contributed by atoms with E-state index in [2.05, 4.69) is 15.3 Å². The fourth-order valence-electron chi connectivity index (χ4n) is 5.26. The molecule has 7 rings (SSSR count). The number of anilines is 1. The molecule has 8 nitrogen and oxygen atoms in total. The van der Waals surface area contributed by atoms with E-state index in [0.29, 0.717) is 41.3 Å². The summed E-state index contributed by atoms with van der Waals surface area (Å²) in [4.78, 5) is 26.3. The second kappa shape index (κ2) is 6.84. The number of carbonyl (C=O) groups is 1. The van der Waals surface area contributed by atoms with E-state index in [1.807, 2.05) is 31.2 Å². The number of oxazole rings is 1. The maximum absolute atomic E-state index is 12.6. The van der Waals surface area contributed by atoms with Gasteiger partial charge in [0.05, 0.1) is 12.2 Å². The van der Waals surface area contributed by atoms with Gasteiger partial charge in [0.2, 0.25) is 11.8 Å². The molecule has 2 atom stereocenters. The highest BCUT2D eigenvalue weighted by molar-refractivity contribution is 6.00. The van der Waals surface area contributed by atoms with Crippen LogP contribution in [0.15, 0.2) is 41.1 Å². The van der Waals surface area contributed by atoms with Crippen LogP contribution in [-0.2, 0) is 15.1 Å². The Kier molecular flexibility index (Phi) is 4.03. The van der Waals surface area contributed by atoms with E-state index in [9.17, 15) is 9.90 Å². The summed E-state index contributed by atoms with van der Waals surface area (Å²) in [6, 6.07) is 7.42. The van der Waals surface area contributed by atoms with Crippen LogP contribution in [0.2, 0.25) is 0 Å². The number of nitrogens with one attached hydrogen (secondary N) is 1. The maximum atomic E-state index is 12.6. The predicted octanol–water partition coefficient (Wildman–Crippen LogP) is 4.09. The van der Waals surface area contributed by atoms with Crippen LogP contribution in [0.3, 0.4) is 0 Å². The SMILES string of the molecule is Cc1ncc(-c2nc3cc(C4(O)CCOC4)ccc3o2)c2cc(NC(=O)C3CC34CC4)ncc12. The first-order valence-corrected chi connectivity index (χ1v) is 11.7. The second-order valence-electron chi connectivity index (χ2n) is 10.0. The Morgan fingerprint density at radius 3 is 2.79 bits per heavy atom. The molecule has 0 radical (unpaired) electrons. The maximum Gasteiger partial charge on any atom is 0.229 e. The van der Waals surface area contributed by atoms with E-state index < -0.39 is 5.60 Å². The Morgan fingerprint density at radius 2 is 2.03 bits per heavy atom. The van der Waals surface area contributed by atoms with Gasteiger partial charge in [-0.1, -0.05) is 6.07 Å². The minimum absolute atomic E-state index is 0.0555. The van der Waals surface area contributed by atoms with Crippen LogP contribution in [0.4, 0.5) is 5.82 Å². The molecule has 1 aliphatic heterocycles. The van der Waals surface area contributed by atoms with E-state index in [4.69, 9.17) is 14.1 Å². The van der Waals surface area contributed by atoms with Gasteiger partial charge in [-0.25, -0.2) is 9.97 Å². The number of aryl methyl sites for hydroxylation is 1. The molecule has 4 heterocycles. The molecule has 4 aromatic rings. The number of hydrogen-bond donors (Lipinski definition) is 2. The number of aromatic nitrogens is 3. The van der Waals surface area contributed by atoms with Gasteiger partial charge in [-0.05, 0) is 55.4 Å². The predicted molar refractivity (Wildman–Crippen MR) is 125 cm³/mol. The summed E-state index contributed by atoms with van der Waals surface area (Å²) in [6.07, 6.45) is 7.36. The van der Waals surface area contributed by atoms with Crippen LogP contribution >= 0.6 is 0 Å². The minimum atomic E-state index is -0.995. The first-order valence-electron chi connectivity index (χ1n) is 11.7.